The Bertz CT molecular complexity index is 403. The monoisotopic (exact) mass is 237 g/mol. The molecular weight excluding hydrogens is 222 g/mol. The molecule has 6 heteroatoms. The maximum Gasteiger partial charge on any atom is 0.323 e. The molecule has 0 aliphatic rings. The molecule has 1 amide bonds. The van der Waals surface area contributed by atoms with Crippen LogP contribution in [0.1, 0.15) is 17.3 Å². The van der Waals surface area contributed by atoms with E-state index in [9.17, 15) is 9.59 Å². The van der Waals surface area contributed by atoms with Crippen molar-refractivity contribution in [1.82, 2.24) is 10.3 Å². The minimum Gasteiger partial charge on any atom is -0.480 e. The maximum absolute atomic E-state index is 11.4. The van der Waals surface area contributed by atoms with Crippen LogP contribution in [0.4, 0.5) is 5.82 Å². The van der Waals surface area contributed by atoms with Crippen molar-refractivity contribution in [2.24, 2.45) is 0 Å². The molecular formula is C11H15N3O3. The molecule has 1 aromatic heterocycles. The molecule has 0 spiro atoms. The first-order valence-corrected chi connectivity index (χ1v) is 5.21. The Morgan fingerprint density at radius 2 is 2.18 bits per heavy atom. The molecule has 0 atom stereocenters. The molecule has 2 N–H and O–H groups in total. The van der Waals surface area contributed by atoms with Gasteiger partial charge < -0.3 is 15.3 Å². The fourth-order valence-electron chi connectivity index (χ4n) is 1.29. The third-order valence-corrected chi connectivity index (χ3v) is 2.11. The number of rotatable bonds is 5. The lowest BCUT2D eigenvalue weighted by Crippen LogP contribution is -2.26. The Morgan fingerprint density at radius 3 is 2.65 bits per heavy atom. The summed E-state index contributed by atoms with van der Waals surface area (Å²) in [6.45, 7) is 2.26. The summed E-state index contributed by atoms with van der Waals surface area (Å²) in [7, 11) is 1.63. The van der Waals surface area contributed by atoms with E-state index in [-0.39, 0.29) is 12.5 Å². The molecule has 92 valence electrons. The minimum atomic E-state index is -0.929. The summed E-state index contributed by atoms with van der Waals surface area (Å²) in [4.78, 5) is 27.5. The first-order valence-electron chi connectivity index (χ1n) is 5.21. The number of carbonyl (C=O) groups excluding carboxylic acids is 1. The number of aromatic nitrogens is 1. The van der Waals surface area contributed by atoms with Crippen molar-refractivity contribution in [3.63, 3.8) is 0 Å². The zero-order valence-electron chi connectivity index (χ0n) is 9.80. The molecule has 0 saturated carbocycles. The van der Waals surface area contributed by atoms with E-state index in [1.807, 2.05) is 6.92 Å². The Balaban J connectivity index is 2.73. The number of amides is 1. The normalized spacial score (nSPS) is 9.76. The van der Waals surface area contributed by atoms with E-state index in [0.717, 1.165) is 0 Å². The molecule has 0 saturated heterocycles. The van der Waals surface area contributed by atoms with Crippen LogP contribution in [0.5, 0.6) is 0 Å². The Hall–Kier alpha value is -2.11. The molecule has 0 bridgehead atoms. The SMILES string of the molecule is CCNC(=O)c1ccc(N(C)CC(=O)O)nc1. The van der Waals surface area contributed by atoms with Crippen LogP contribution in [0.3, 0.4) is 0 Å². The molecule has 6 nitrogen and oxygen atoms in total. The molecule has 0 aromatic carbocycles. The van der Waals surface area contributed by atoms with Crippen LogP contribution in [0.2, 0.25) is 0 Å². The second-order valence-corrected chi connectivity index (χ2v) is 3.51. The predicted molar refractivity (Wildman–Crippen MR) is 63.2 cm³/mol. The van der Waals surface area contributed by atoms with Gasteiger partial charge in [-0.25, -0.2) is 4.98 Å². The van der Waals surface area contributed by atoms with Gasteiger partial charge >= 0.3 is 5.97 Å². The average molecular weight is 237 g/mol. The third-order valence-electron chi connectivity index (χ3n) is 2.11. The van der Waals surface area contributed by atoms with Crippen LogP contribution >= 0.6 is 0 Å². The maximum atomic E-state index is 11.4. The summed E-state index contributed by atoms with van der Waals surface area (Å²) in [5, 5.41) is 11.3. The lowest BCUT2D eigenvalue weighted by molar-refractivity contribution is -0.135. The number of hydrogen-bond donors (Lipinski definition) is 2. The number of pyridine rings is 1. The van der Waals surface area contributed by atoms with Crippen molar-refractivity contribution >= 4 is 17.7 Å². The first-order chi connectivity index (χ1) is 8.04. The average Bonchev–Trinajstić information content (AvgIpc) is 2.28. The van der Waals surface area contributed by atoms with Crippen molar-refractivity contribution in [3.8, 4) is 0 Å². The van der Waals surface area contributed by atoms with Gasteiger partial charge in [0.15, 0.2) is 0 Å². The van der Waals surface area contributed by atoms with Gasteiger partial charge in [-0.05, 0) is 19.1 Å². The second kappa shape index (κ2) is 5.83. The summed E-state index contributed by atoms with van der Waals surface area (Å²) in [5.41, 5.74) is 0.458. The van der Waals surface area contributed by atoms with E-state index in [0.29, 0.717) is 17.9 Å². The van der Waals surface area contributed by atoms with E-state index in [1.165, 1.54) is 11.1 Å². The molecule has 0 unspecified atom stereocenters. The zero-order chi connectivity index (χ0) is 12.8. The highest BCUT2D eigenvalue weighted by molar-refractivity contribution is 5.94. The van der Waals surface area contributed by atoms with E-state index in [4.69, 9.17) is 5.11 Å². The Kier molecular flexibility index (Phi) is 4.45. The van der Waals surface area contributed by atoms with Gasteiger partial charge in [0, 0.05) is 19.8 Å². The van der Waals surface area contributed by atoms with Gasteiger partial charge in [-0.2, -0.15) is 0 Å². The van der Waals surface area contributed by atoms with Crippen LogP contribution in [0, 0.1) is 0 Å². The van der Waals surface area contributed by atoms with Crippen molar-refractivity contribution in [2.75, 3.05) is 25.0 Å². The molecule has 1 heterocycles. The molecule has 0 radical (unpaired) electrons. The fraction of sp³-hybridized carbons (Fsp3) is 0.364. The van der Waals surface area contributed by atoms with Crippen LogP contribution in [-0.4, -0.2) is 42.1 Å². The van der Waals surface area contributed by atoms with E-state index >= 15 is 0 Å². The quantitative estimate of drug-likeness (QED) is 0.772. The van der Waals surface area contributed by atoms with Gasteiger partial charge in [0.2, 0.25) is 0 Å². The molecule has 0 aliphatic carbocycles. The van der Waals surface area contributed by atoms with Crippen molar-refractivity contribution in [3.05, 3.63) is 23.9 Å². The predicted octanol–water partition coefficient (Wildman–Crippen LogP) is 0.352. The number of nitrogens with one attached hydrogen (secondary N) is 1. The summed E-state index contributed by atoms with van der Waals surface area (Å²) < 4.78 is 0. The summed E-state index contributed by atoms with van der Waals surface area (Å²) >= 11 is 0. The van der Waals surface area contributed by atoms with E-state index in [2.05, 4.69) is 10.3 Å². The number of carbonyl (C=O) groups is 2. The van der Waals surface area contributed by atoms with Crippen molar-refractivity contribution in [2.45, 2.75) is 6.92 Å². The lowest BCUT2D eigenvalue weighted by Gasteiger charge is -2.15. The number of carboxylic acid groups (broad SMARTS) is 1. The van der Waals surface area contributed by atoms with Crippen LogP contribution in [-0.2, 0) is 4.79 Å². The summed E-state index contributed by atoms with van der Waals surface area (Å²) in [5.74, 6) is -0.602. The van der Waals surface area contributed by atoms with Crippen LogP contribution < -0.4 is 10.2 Å². The highest BCUT2D eigenvalue weighted by Gasteiger charge is 2.08. The number of likely N-dealkylation sites (N-methyl/N-ethyl adjacent to an activating group) is 1. The largest absolute Gasteiger partial charge is 0.480 e. The second-order valence-electron chi connectivity index (χ2n) is 3.51. The van der Waals surface area contributed by atoms with Crippen LogP contribution in [0.25, 0.3) is 0 Å². The number of hydrogen-bond acceptors (Lipinski definition) is 4. The van der Waals surface area contributed by atoms with Crippen molar-refractivity contribution < 1.29 is 14.7 Å². The minimum absolute atomic E-state index is 0.131. The lowest BCUT2D eigenvalue weighted by atomic mass is 10.2. The summed E-state index contributed by atoms with van der Waals surface area (Å²) in [6, 6.07) is 3.24. The van der Waals surface area contributed by atoms with Gasteiger partial charge in [-0.3, -0.25) is 9.59 Å². The smallest absolute Gasteiger partial charge is 0.323 e. The van der Waals surface area contributed by atoms with Gasteiger partial charge in [0.1, 0.15) is 12.4 Å². The van der Waals surface area contributed by atoms with Gasteiger partial charge in [-0.1, -0.05) is 0 Å². The number of aliphatic carboxylic acids is 1. The van der Waals surface area contributed by atoms with E-state index < -0.39 is 5.97 Å². The zero-order valence-corrected chi connectivity index (χ0v) is 9.80. The molecule has 1 rings (SSSR count). The molecule has 1 aromatic rings. The number of nitrogens with zero attached hydrogens (tertiary/aromatic N) is 2. The molecule has 0 aliphatic heterocycles. The Morgan fingerprint density at radius 1 is 1.47 bits per heavy atom. The number of carboxylic acids is 1. The first kappa shape index (κ1) is 13.0. The van der Waals surface area contributed by atoms with Gasteiger partial charge in [0.25, 0.3) is 5.91 Å². The molecule has 0 fully saturated rings. The fourth-order valence-corrected chi connectivity index (χ4v) is 1.29. The van der Waals surface area contributed by atoms with Gasteiger partial charge in [-0.15, -0.1) is 0 Å². The van der Waals surface area contributed by atoms with Crippen molar-refractivity contribution in [1.29, 1.82) is 0 Å². The van der Waals surface area contributed by atoms with Gasteiger partial charge in [0.05, 0.1) is 5.56 Å². The topological polar surface area (TPSA) is 82.5 Å². The number of anilines is 1. The third kappa shape index (κ3) is 3.75. The summed E-state index contributed by atoms with van der Waals surface area (Å²) in [6.07, 6.45) is 1.43. The van der Waals surface area contributed by atoms with Crippen LogP contribution in [0.15, 0.2) is 18.3 Å². The molecule has 17 heavy (non-hydrogen) atoms. The van der Waals surface area contributed by atoms with E-state index in [1.54, 1.807) is 19.2 Å². The highest BCUT2D eigenvalue weighted by atomic mass is 16.4. The Labute approximate surface area is 99.3 Å². The standard InChI is InChI=1S/C11H15N3O3/c1-3-12-11(17)8-4-5-9(13-6-8)14(2)7-10(15)16/h4-6H,3,7H2,1-2H3,(H,12,17)(H,15,16). The highest BCUT2D eigenvalue weighted by Crippen LogP contribution is 2.09.